The van der Waals surface area contributed by atoms with E-state index >= 15 is 0 Å². The van der Waals surface area contributed by atoms with Crippen LogP contribution in [0.3, 0.4) is 0 Å². The molecule has 4 rings (SSSR count). The number of piperidine rings is 1. The molecule has 2 fully saturated rings. The van der Waals surface area contributed by atoms with Gasteiger partial charge in [-0.15, -0.1) is 0 Å². The van der Waals surface area contributed by atoms with Crippen LogP contribution in [0.25, 0.3) is 5.52 Å². The zero-order valence-electron chi connectivity index (χ0n) is 16.5. The normalized spacial score (nSPS) is 17.8. The van der Waals surface area contributed by atoms with E-state index in [4.69, 9.17) is 9.90 Å². The number of fused-ring (bicyclic) bond motifs is 1. The zero-order chi connectivity index (χ0) is 22.6. The molecule has 3 N–H and O–H groups in total. The highest BCUT2D eigenvalue weighted by atomic mass is 19.4. The molecular weight excluding hydrogens is 419 g/mol. The molecule has 2 aromatic heterocycles. The lowest BCUT2D eigenvalue weighted by Crippen LogP contribution is -2.49. The molecule has 9 nitrogen and oxygen atoms in total. The first-order valence-corrected chi connectivity index (χ1v) is 9.73. The molecule has 2 aliphatic rings. The summed E-state index contributed by atoms with van der Waals surface area (Å²) in [7, 11) is 0. The number of carbonyl (C=O) groups is 3. The first-order valence-electron chi connectivity index (χ1n) is 9.73. The highest BCUT2D eigenvalue weighted by Crippen LogP contribution is 2.26. The van der Waals surface area contributed by atoms with Crippen molar-refractivity contribution in [1.29, 1.82) is 0 Å². The number of carbonyl (C=O) groups excluding carboxylic acids is 2. The number of rotatable bonds is 3. The number of imide groups is 1. The number of hydrogen-bond acceptors (Lipinski definition) is 5. The van der Waals surface area contributed by atoms with Crippen molar-refractivity contribution in [1.82, 2.24) is 20.2 Å². The molecule has 4 heterocycles. The van der Waals surface area contributed by atoms with Gasteiger partial charge in [0.1, 0.15) is 0 Å². The molecule has 0 unspecified atom stereocenters. The van der Waals surface area contributed by atoms with E-state index in [9.17, 15) is 22.8 Å². The SMILES string of the molecule is O=C(O)C(F)(F)F.O=C1CCN(c2cnn3ccc(CC4CCNCC4)cc23)C(=O)N1. The number of anilines is 1. The Labute approximate surface area is 175 Å². The van der Waals surface area contributed by atoms with Crippen LogP contribution < -0.4 is 15.5 Å². The number of aliphatic carboxylic acids is 1. The van der Waals surface area contributed by atoms with Gasteiger partial charge in [-0.1, -0.05) is 0 Å². The van der Waals surface area contributed by atoms with E-state index in [0.717, 1.165) is 30.7 Å². The summed E-state index contributed by atoms with van der Waals surface area (Å²) in [6.07, 6.45) is 2.33. The fraction of sp³-hybridized carbons (Fsp3) is 0.474. The Hall–Kier alpha value is -3.15. The molecule has 2 aliphatic heterocycles. The van der Waals surface area contributed by atoms with Gasteiger partial charge in [0, 0.05) is 19.2 Å². The smallest absolute Gasteiger partial charge is 0.475 e. The summed E-state index contributed by atoms with van der Waals surface area (Å²) in [5.41, 5.74) is 2.93. The van der Waals surface area contributed by atoms with Crippen molar-refractivity contribution in [3.63, 3.8) is 0 Å². The minimum atomic E-state index is -5.08. The van der Waals surface area contributed by atoms with Crippen molar-refractivity contribution < 1.29 is 32.7 Å². The van der Waals surface area contributed by atoms with E-state index in [-0.39, 0.29) is 11.9 Å². The standard InChI is InChI=1S/C17H21N5O2.C2HF3O2/c23-16-4-7-21(17(24)20-16)15-11-19-22-8-3-13(10-14(15)22)9-12-1-5-18-6-2-12;3-2(4,5)1(6)7/h3,8,10-12,18H,1-2,4-7,9H2,(H,20,23,24);(H,6,7). The second kappa shape index (κ2) is 9.33. The zero-order valence-corrected chi connectivity index (χ0v) is 16.5. The second-order valence-corrected chi connectivity index (χ2v) is 7.35. The molecule has 2 aromatic rings. The van der Waals surface area contributed by atoms with Crippen LogP contribution in [0, 0.1) is 5.92 Å². The van der Waals surface area contributed by atoms with E-state index in [0.29, 0.717) is 18.9 Å². The van der Waals surface area contributed by atoms with Crippen LogP contribution in [0.15, 0.2) is 24.5 Å². The third kappa shape index (κ3) is 5.72. The summed E-state index contributed by atoms with van der Waals surface area (Å²) >= 11 is 0. The molecule has 0 aromatic carbocycles. The van der Waals surface area contributed by atoms with Crippen LogP contribution in [-0.2, 0) is 16.0 Å². The quantitative estimate of drug-likeness (QED) is 0.671. The maximum atomic E-state index is 12.1. The number of nitrogens with zero attached hydrogens (tertiary/aromatic N) is 3. The molecular formula is C19H22F3N5O4. The van der Waals surface area contributed by atoms with E-state index < -0.39 is 12.1 Å². The summed E-state index contributed by atoms with van der Waals surface area (Å²) in [5.74, 6) is -2.28. The second-order valence-electron chi connectivity index (χ2n) is 7.35. The maximum absolute atomic E-state index is 12.1. The van der Waals surface area contributed by atoms with Gasteiger partial charge < -0.3 is 10.4 Å². The third-order valence-corrected chi connectivity index (χ3v) is 5.14. The number of carboxylic acid groups (broad SMARTS) is 1. The van der Waals surface area contributed by atoms with E-state index in [1.54, 1.807) is 15.6 Å². The maximum Gasteiger partial charge on any atom is 0.490 e. The number of urea groups is 1. The van der Waals surface area contributed by atoms with Gasteiger partial charge in [0.15, 0.2) is 0 Å². The molecule has 168 valence electrons. The fourth-order valence-electron chi connectivity index (χ4n) is 3.56. The lowest BCUT2D eigenvalue weighted by Gasteiger charge is -2.25. The van der Waals surface area contributed by atoms with Crippen molar-refractivity contribution in [3.8, 4) is 0 Å². The molecule has 31 heavy (non-hydrogen) atoms. The Morgan fingerprint density at radius 3 is 2.55 bits per heavy atom. The van der Waals surface area contributed by atoms with Crippen LogP contribution in [0.4, 0.5) is 23.7 Å². The fourth-order valence-corrected chi connectivity index (χ4v) is 3.56. The first-order chi connectivity index (χ1) is 14.6. The minimum absolute atomic E-state index is 0.223. The summed E-state index contributed by atoms with van der Waals surface area (Å²) < 4.78 is 33.5. The summed E-state index contributed by atoms with van der Waals surface area (Å²) in [6.45, 7) is 2.57. The van der Waals surface area contributed by atoms with Gasteiger partial charge in [0.05, 0.1) is 17.4 Å². The van der Waals surface area contributed by atoms with Crippen LogP contribution >= 0.6 is 0 Å². The Balaban J connectivity index is 0.000000339. The number of carboxylic acids is 1. The van der Waals surface area contributed by atoms with Gasteiger partial charge in [-0.3, -0.25) is 15.0 Å². The van der Waals surface area contributed by atoms with Crippen LogP contribution in [0.1, 0.15) is 24.8 Å². The van der Waals surface area contributed by atoms with Crippen LogP contribution in [0.5, 0.6) is 0 Å². The average Bonchev–Trinajstić information content (AvgIpc) is 3.12. The topological polar surface area (TPSA) is 116 Å². The van der Waals surface area contributed by atoms with Crippen molar-refractivity contribution in [3.05, 3.63) is 30.1 Å². The number of hydrogen-bond donors (Lipinski definition) is 3. The lowest BCUT2D eigenvalue weighted by atomic mass is 9.91. The predicted octanol–water partition coefficient (Wildman–Crippen LogP) is 1.96. The van der Waals surface area contributed by atoms with Gasteiger partial charge in [0.2, 0.25) is 5.91 Å². The Morgan fingerprint density at radius 2 is 1.94 bits per heavy atom. The molecule has 0 saturated carbocycles. The summed E-state index contributed by atoms with van der Waals surface area (Å²) in [6, 6.07) is 3.85. The van der Waals surface area contributed by atoms with Gasteiger partial charge in [-0.2, -0.15) is 18.3 Å². The number of halogens is 3. The van der Waals surface area contributed by atoms with Crippen molar-refractivity contribution in [2.75, 3.05) is 24.5 Å². The summed E-state index contributed by atoms with van der Waals surface area (Å²) in [5, 5.41) is 17.2. The highest BCUT2D eigenvalue weighted by molar-refractivity contribution is 6.07. The van der Waals surface area contributed by atoms with E-state index in [1.807, 2.05) is 6.20 Å². The number of nitrogens with one attached hydrogen (secondary N) is 2. The van der Waals surface area contributed by atoms with Gasteiger partial charge in [-0.25, -0.2) is 14.1 Å². The van der Waals surface area contributed by atoms with Crippen LogP contribution in [0.2, 0.25) is 0 Å². The monoisotopic (exact) mass is 441 g/mol. The molecule has 0 radical (unpaired) electrons. The number of pyridine rings is 1. The van der Waals surface area contributed by atoms with Crippen molar-refractivity contribution in [2.24, 2.45) is 5.92 Å². The Bertz CT molecular complexity index is 969. The molecule has 0 bridgehead atoms. The predicted molar refractivity (Wildman–Crippen MR) is 104 cm³/mol. The molecule has 0 spiro atoms. The molecule has 3 amide bonds. The molecule has 2 saturated heterocycles. The van der Waals surface area contributed by atoms with E-state index in [1.165, 1.54) is 18.4 Å². The number of amides is 3. The van der Waals surface area contributed by atoms with Gasteiger partial charge >= 0.3 is 18.2 Å². The highest BCUT2D eigenvalue weighted by Gasteiger charge is 2.38. The third-order valence-electron chi connectivity index (χ3n) is 5.14. The number of aromatic nitrogens is 2. The molecule has 12 heteroatoms. The van der Waals surface area contributed by atoms with E-state index in [2.05, 4.69) is 27.9 Å². The average molecular weight is 441 g/mol. The van der Waals surface area contributed by atoms with Crippen molar-refractivity contribution in [2.45, 2.75) is 31.9 Å². The Kier molecular flexibility index (Phi) is 6.78. The minimum Gasteiger partial charge on any atom is -0.475 e. The lowest BCUT2D eigenvalue weighted by molar-refractivity contribution is -0.192. The largest absolute Gasteiger partial charge is 0.490 e. The first kappa shape index (κ1) is 22.5. The van der Waals surface area contributed by atoms with Crippen molar-refractivity contribution >= 4 is 29.1 Å². The van der Waals surface area contributed by atoms with Crippen LogP contribution in [-0.4, -0.2) is 58.4 Å². The number of alkyl halides is 3. The summed E-state index contributed by atoms with van der Waals surface area (Å²) in [4.78, 5) is 33.9. The molecule has 0 aliphatic carbocycles. The van der Waals surface area contributed by atoms with Gasteiger partial charge in [0.25, 0.3) is 0 Å². The van der Waals surface area contributed by atoms with Gasteiger partial charge in [-0.05, 0) is 56.0 Å². The molecule has 0 atom stereocenters. The Morgan fingerprint density at radius 1 is 1.26 bits per heavy atom.